The highest BCUT2D eigenvalue weighted by Crippen LogP contribution is 2.39. The molecule has 0 radical (unpaired) electrons. The second-order valence-corrected chi connectivity index (χ2v) is 7.07. The van der Waals surface area contributed by atoms with Crippen LogP contribution in [0.5, 0.6) is 0 Å². The molecule has 0 heteroatoms. The molecule has 0 saturated heterocycles. The number of benzene rings is 2. The van der Waals surface area contributed by atoms with Crippen LogP contribution < -0.4 is 0 Å². The first kappa shape index (κ1) is 15.1. The van der Waals surface area contributed by atoms with E-state index in [1.807, 2.05) is 0 Å². The van der Waals surface area contributed by atoms with Crippen LogP contribution in [0.25, 0.3) is 5.57 Å². The molecular formula is C22H26. The van der Waals surface area contributed by atoms with Gasteiger partial charge in [0.25, 0.3) is 0 Å². The zero-order valence-corrected chi connectivity index (χ0v) is 14.2. The van der Waals surface area contributed by atoms with Gasteiger partial charge in [-0.3, -0.25) is 0 Å². The van der Waals surface area contributed by atoms with Gasteiger partial charge in [0.15, 0.2) is 0 Å². The van der Waals surface area contributed by atoms with E-state index in [-0.39, 0.29) is 0 Å². The summed E-state index contributed by atoms with van der Waals surface area (Å²) in [4.78, 5) is 0. The minimum Gasteiger partial charge on any atom is -0.0734 e. The van der Waals surface area contributed by atoms with Gasteiger partial charge >= 0.3 is 0 Å². The van der Waals surface area contributed by atoms with E-state index in [1.165, 1.54) is 34.2 Å². The predicted molar refractivity (Wildman–Crippen MR) is 96.2 cm³/mol. The molecule has 0 aliphatic heterocycles. The van der Waals surface area contributed by atoms with Crippen LogP contribution in [0, 0.1) is 19.8 Å². The molecule has 0 saturated carbocycles. The molecule has 1 unspecified atom stereocenters. The topological polar surface area (TPSA) is 0 Å². The summed E-state index contributed by atoms with van der Waals surface area (Å²) in [6.45, 7) is 9.03. The van der Waals surface area contributed by atoms with Crippen LogP contribution >= 0.6 is 0 Å². The number of rotatable bonds is 4. The Hall–Kier alpha value is -1.82. The summed E-state index contributed by atoms with van der Waals surface area (Å²) in [6.07, 6.45) is 4.80. The van der Waals surface area contributed by atoms with Gasteiger partial charge in [-0.1, -0.05) is 73.5 Å². The Morgan fingerprint density at radius 2 is 1.59 bits per heavy atom. The van der Waals surface area contributed by atoms with Gasteiger partial charge < -0.3 is 0 Å². The third-order valence-corrected chi connectivity index (χ3v) is 4.77. The molecule has 0 nitrogen and oxygen atoms in total. The lowest BCUT2D eigenvalue weighted by Crippen LogP contribution is -2.01. The van der Waals surface area contributed by atoms with Crippen molar-refractivity contribution < 1.29 is 0 Å². The summed E-state index contributed by atoms with van der Waals surface area (Å²) in [5.74, 6) is 1.24. The van der Waals surface area contributed by atoms with Crippen molar-refractivity contribution >= 4 is 5.57 Å². The van der Waals surface area contributed by atoms with Crippen LogP contribution in [0.15, 0.2) is 48.5 Å². The molecule has 0 bridgehead atoms. The third kappa shape index (κ3) is 3.16. The van der Waals surface area contributed by atoms with Gasteiger partial charge in [0, 0.05) is 5.92 Å². The molecule has 0 aromatic heterocycles. The Kier molecular flexibility index (Phi) is 4.20. The first-order chi connectivity index (χ1) is 10.5. The van der Waals surface area contributed by atoms with Crippen LogP contribution in [0.4, 0.5) is 0 Å². The molecular weight excluding hydrogens is 264 g/mol. The highest BCUT2D eigenvalue weighted by Gasteiger charge is 2.21. The third-order valence-electron chi connectivity index (χ3n) is 4.77. The molecule has 2 aromatic carbocycles. The standard InChI is InChI=1S/C22H26/c1-15-5-8-19(9-6-15)11-17(3)12-20-14-18(4)21-10-7-16(2)13-22(20)21/h5-10,13-14,17-18H,11-12H2,1-4H3/t17-,18?/m0/s1. The molecule has 0 heterocycles. The first-order valence-corrected chi connectivity index (χ1v) is 8.40. The van der Waals surface area contributed by atoms with Crippen molar-refractivity contribution in [2.45, 2.75) is 46.5 Å². The normalized spacial score (nSPS) is 18.0. The first-order valence-electron chi connectivity index (χ1n) is 8.40. The van der Waals surface area contributed by atoms with Crippen LogP contribution in [-0.4, -0.2) is 0 Å². The maximum absolute atomic E-state index is 2.47. The molecule has 1 aliphatic carbocycles. The number of allylic oxidation sites excluding steroid dienone is 2. The van der Waals surface area contributed by atoms with Crippen LogP contribution in [0.3, 0.4) is 0 Å². The molecule has 114 valence electrons. The molecule has 2 aromatic rings. The summed E-state index contributed by atoms with van der Waals surface area (Å²) < 4.78 is 0. The molecule has 0 spiro atoms. The van der Waals surface area contributed by atoms with Gasteiger partial charge in [-0.2, -0.15) is 0 Å². The Balaban J connectivity index is 1.72. The predicted octanol–water partition coefficient (Wildman–Crippen LogP) is 6.07. The average Bonchev–Trinajstić information content (AvgIpc) is 2.77. The van der Waals surface area contributed by atoms with Gasteiger partial charge in [-0.25, -0.2) is 0 Å². The van der Waals surface area contributed by atoms with Crippen LogP contribution in [0.2, 0.25) is 0 Å². The lowest BCUT2D eigenvalue weighted by atomic mass is 9.91. The van der Waals surface area contributed by atoms with Gasteiger partial charge in [0.1, 0.15) is 0 Å². The highest BCUT2D eigenvalue weighted by molar-refractivity contribution is 5.75. The second-order valence-electron chi connectivity index (χ2n) is 7.07. The fourth-order valence-electron chi connectivity index (χ4n) is 3.58. The highest BCUT2D eigenvalue weighted by atomic mass is 14.3. The van der Waals surface area contributed by atoms with Crippen molar-refractivity contribution in [2.75, 3.05) is 0 Å². The summed E-state index contributed by atoms with van der Waals surface area (Å²) in [6, 6.07) is 15.9. The number of aryl methyl sites for hydroxylation is 2. The van der Waals surface area contributed by atoms with Crippen molar-refractivity contribution in [3.05, 3.63) is 76.4 Å². The summed E-state index contributed by atoms with van der Waals surface area (Å²) in [5.41, 5.74) is 8.70. The van der Waals surface area contributed by atoms with E-state index in [4.69, 9.17) is 0 Å². The SMILES string of the molecule is Cc1ccc(C[C@H](C)CC2=CC(C)c3ccc(C)cc32)cc1. The van der Waals surface area contributed by atoms with Gasteiger partial charge in [0.2, 0.25) is 0 Å². The minimum absolute atomic E-state index is 0.567. The Labute approximate surface area is 134 Å². The van der Waals surface area contributed by atoms with E-state index in [1.54, 1.807) is 5.57 Å². The van der Waals surface area contributed by atoms with E-state index in [2.05, 4.69) is 76.2 Å². The van der Waals surface area contributed by atoms with E-state index < -0.39 is 0 Å². The van der Waals surface area contributed by atoms with E-state index in [9.17, 15) is 0 Å². The molecule has 0 amide bonds. The van der Waals surface area contributed by atoms with Crippen molar-refractivity contribution in [1.82, 2.24) is 0 Å². The minimum atomic E-state index is 0.567. The van der Waals surface area contributed by atoms with Crippen molar-refractivity contribution in [3.8, 4) is 0 Å². The molecule has 3 rings (SSSR count). The van der Waals surface area contributed by atoms with E-state index in [0.717, 1.165) is 6.42 Å². The van der Waals surface area contributed by atoms with Crippen molar-refractivity contribution in [1.29, 1.82) is 0 Å². The molecule has 0 N–H and O–H groups in total. The summed E-state index contributed by atoms with van der Waals surface area (Å²) >= 11 is 0. The molecule has 22 heavy (non-hydrogen) atoms. The van der Waals surface area contributed by atoms with E-state index >= 15 is 0 Å². The molecule has 2 atom stereocenters. The molecule has 1 aliphatic rings. The fraction of sp³-hybridized carbons (Fsp3) is 0.364. The summed E-state index contributed by atoms with van der Waals surface area (Å²) in [5, 5.41) is 0. The number of fused-ring (bicyclic) bond motifs is 1. The van der Waals surface area contributed by atoms with Crippen molar-refractivity contribution in [2.24, 2.45) is 5.92 Å². The van der Waals surface area contributed by atoms with Gasteiger partial charge in [0.05, 0.1) is 0 Å². The zero-order valence-electron chi connectivity index (χ0n) is 14.2. The maximum atomic E-state index is 2.47. The largest absolute Gasteiger partial charge is 0.0734 e. The van der Waals surface area contributed by atoms with Gasteiger partial charge in [-0.05, 0) is 54.9 Å². The monoisotopic (exact) mass is 290 g/mol. The Morgan fingerprint density at radius 1 is 0.909 bits per heavy atom. The van der Waals surface area contributed by atoms with Crippen molar-refractivity contribution in [3.63, 3.8) is 0 Å². The van der Waals surface area contributed by atoms with Crippen LogP contribution in [0.1, 0.15) is 54.0 Å². The quantitative estimate of drug-likeness (QED) is 0.640. The molecule has 0 fully saturated rings. The lowest BCUT2D eigenvalue weighted by molar-refractivity contribution is 0.598. The Bertz CT molecular complexity index is 688. The zero-order chi connectivity index (χ0) is 15.7. The second kappa shape index (κ2) is 6.12. The lowest BCUT2D eigenvalue weighted by Gasteiger charge is -2.14. The fourth-order valence-corrected chi connectivity index (χ4v) is 3.58. The maximum Gasteiger partial charge on any atom is 0.000163 e. The Morgan fingerprint density at radius 3 is 2.32 bits per heavy atom. The van der Waals surface area contributed by atoms with E-state index in [0.29, 0.717) is 11.8 Å². The van der Waals surface area contributed by atoms with Crippen LogP contribution in [-0.2, 0) is 6.42 Å². The number of hydrogen-bond acceptors (Lipinski definition) is 0. The smallest absolute Gasteiger partial charge is 0.000163 e. The van der Waals surface area contributed by atoms with Gasteiger partial charge in [-0.15, -0.1) is 0 Å². The summed E-state index contributed by atoms with van der Waals surface area (Å²) in [7, 11) is 0. The number of hydrogen-bond donors (Lipinski definition) is 0. The average molecular weight is 290 g/mol.